The second-order valence-corrected chi connectivity index (χ2v) is 7.64. The molecule has 3 rings (SSSR count). The second-order valence-electron chi connectivity index (χ2n) is 7.64. The molecule has 3 aromatic rings. The summed E-state index contributed by atoms with van der Waals surface area (Å²) >= 11 is 0. The van der Waals surface area contributed by atoms with Gasteiger partial charge in [0.25, 0.3) is 0 Å². The van der Waals surface area contributed by atoms with Crippen LogP contribution in [0.2, 0.25) is 0 Å². The number of Topliss-reactive ketones (excluding diaryl/α,β-unsaturated/α-hetero) is 1. The van der Waals surface area contributed by atoms with Crippen molar-refractivity contribution in [3.63, 3.8) is 0 Å². The molecule has 5 heteroatoms. The van der Waals surface area contributed by atoms with E-state index in [1.54, 1.807) is 6.20 Å². The van der Waals surface area contributed by atoms with Gasteiger partial charge in [-0.25, -0.2) is 4.79 Å². The van der Waals surface area contributed by atoms with E-state index in [0.717, 1.165) is 46.3 Å². The Morgan fingerprint density at radius 3 is 2.35 bits per heavy atom. The zero-order valence-electron chi connectivity index (χ0n) is 18.4. The van der Waals surface area contributed by atoms with Crippen LogP contribution in [0.25, 0.3) is 0 Å². The molecule has 31 heavy (non-hydrogen) atoms. The first-order chi connectivity index (χ1) is 15.0. The maximum Gasteiger partial charge on any atom is 0.319 e. The Kier molecular flexibility index (Phi) is 7.55. The predicted molar refractivity (Wildman–Crippen MR) is 125 cm³/mol. The maximum absolute atomic E-state index is 12.3. The summed E-state index contributed by atoms with van der Waals surface area (Å²) in [5.74, 6) is 0.0540. The minimum atomic E-state index is -0.214. The molecule has 0 bridgehead atoms. The largest absolute Gasteiger partial charge is 0.334 e. The number of benzene rings is 2. The molecule has 0 saturated carbocycles. The summed E-state index contributed by atoms with van der Waals surface area (Å²) in [6.07, 6.45) is 3.74. The van der Waals surface area contributed by atoms with Gasteiger partial charge in [-0.3, -0.25) is 9.78 Å². The van der Waals surface area contributed by atoms with E-state index < -0.39 is 0 Å². The summed E-state index contributed by atoms with van der Waals surface area (Å²) < 4.78 is 0. The Balaban J connectivity index is 1.56. The van der Waals surface area contributed by atoms with Crippen LogP contribution in [0, 0.1) is 6.92 Å². The quantitative estimate of drug-likeness (QED) is 0.480. The van der Waals surface area contributed by atoms with Crippen molar-refractivity contribution >= 4 is 17.5 Å². The third-order valence-corrected chi connectivity index (χ3v) is 5.21. The van der Waals surface area contributed by atoms with Gasteiger partial charge in [0.15, 0.2) is 5.78 Å². The number of urea groups is 1. The molecule has 0 aliphatic rings. The Hall–Kier alpha value is -3.47. The lowest BCUT2D eigenvalue weighted by Crippen LogP contribution is -2.28. The lowest BCUT2D eigenvalue weighted by atomic mass is 10.0. The molecule has 1 heterocycles. The number of hydrogen-bond donors (Lipinski definition) is 2. The Labute approximate surface area is 183 Å². The smallest absolute Gasteiger partial charge is 0.319 e. The van der Waals surface area contributed by atoms with Crippen LogP contribution >= 0.6 is 0 Å². The number of ketones is 1. The number of anilines is 1. The lowest BCUT2D eigenvalue weighted by molar-refractivity contribution is 0.0983. The Bertz CT molecular complexity index is 1060. The Morgan fingerprint density at radius 1 is 0.903 bits per heavy atom. The molecular weight excluding hydrogens is 386 g/mol. The molecule has 0 fully saturated rings. The summed E-state index contributed by atoms with van der Waals surface area (Å²) in [6.45, 7) is 6.37. The van der Waals surface area contributed by atoms with Crippen LogP contribution in [0.1, 0.15) is 58.6 Å². The highest BCUT2D eigenvalue weighted by molar-refractivity contribution is 5.94. The number of aryl methyl sites for hydroxylation is 2. The topological polar surface area (TPSA) is 71.1 Å². The van der Waals surface area contributed by atoms with E-state index in [9.17, 15) is 9.59 Å². The number of rotatable bonds is 8. The maximum atomic E-state index is 12.3. The first-order valence-electron chi connectivity index (χ1n) is 10.7. The number of hydrogen-bond acceptors (Lipinski definition) is 3. The van der Waals surface area contributed by atoms with Crippen molar-refractivity contribution < 1.29 is 9.59 Å². The number of amides is 2. The fourth-order valence-electron chi connectivity index (χ4n) is 3.39. The van der Waals surface area contributed by atoms with Crippen LogP contribution in [-0.2, 0) is 19.4 Å². The van der Waals surface area contributed by atoms with Crippen molar-refractivity contribution in [1.82, 2.24) is 10.3 Å². The van der Waals surface area contributed by atoms with Crippen LogP contribution in [-0.4, -0.2) is 16.8 Å². The molecule has 0 atom stereocenters. The fraction of sp³-hybridized carbons (Fsp3) is 0.269. The number of carbonyl (C=O) groups is 2. The Morgan fingerprint density at radius 2 is 1.65 bits per heavy atom. The normalized spacial score (nSPS) is 10.5. The van der Waals surface area contributed by atoms with E-state index in [0.29, 0.717) is 18.7 Å². The highest BCUT2D eigenvalue weighted by Crippen LogP contribution is 2.18. The van der Waals surface area contributed by atoms with Crippen molar-refractivity contribution in [3.05, 3.63) is 94.3 Å². The van der Waals surface area contributed by atoms with E-state index in [-0.39, 0.29) is 11.8 Å². The standard InChI is InChI=1S/C26H29N3O2/c1-4-22-11-6-18(3)14-23(22)29-26(31)28-17-20-9-7-19(8-10-20)15-21-12-13-27-24(16-21)25(30)5-2/h6-14,16H,4-5,15,17H2,1-3H3,(H2,28,29,31). The fourth-order valence-corrected chi connectivity index (χ4v) is 3.39. The zero-order chi connectivity index (χ0) is 22.2. The molecule has 0 aliphatic heterocycles. The number of aromatic nitrogens is 1. The summed E-state index contributed by atoms with van der Waals surface area (Å²) in [5.41, 5.74) is 6.83. The average molecular weight is 416 g/mol. The van der Waals surface area contributed by atoms with E-state index in [1.807, 2.05) is 62.4 Å². The summed E-state index contributed by atoms with van der Waals surface area (Å²) in [6, 6.07) is 17.8. The van der Waals surface area contributed by atoms with E-state index in [4.69, 9.17) is 0 Å². The van der Waals surface area contributed by atoms with Gasteiger partial charge >= 0.3 is 6.03 Å². The first-order valence-corrected chi connectivity index (χ1v) is 10.7. The minimum absolute atomic E-state index is 0.0540. The molecule has 1 aromatic heterocycles. The molecule has 2 aromatic carbocycles. The molecule has 160 valence electrons. The molecule has 0 unspecified atom stereocenters. The van der Waals surface area contributed by atoms with Gasteiger partial charge in [0.1, 0.15) is 5.69 Å². The number of nitrogens with one attached hydrogen (secondary N) is 2. The summed E-state index contributed by atoms with van der Waals surface area (Å²) in [7, 11) is 0. The van der Waals surface area contributed by atoms with E-state index in [1.165, 1.54) is 0 Å². The highest BCUT2D eigenvalue weighted by Gasteiger charge is 2.08. The van der Waals surface area contributed by atoms with Gasteiger partial charge < -0.3 is 10.6 Å². The van der Waals surface area contributed by atoms with Crippen LogP contribution in [0.3, 0.4) is 0 Å². The molecule has 2 N–H and O–H groups in total. The van der Waals surface area contributed by atoms with Gasteiger partial charge in [-0.05, 0) is 65.8 Å². The molecule has 0 aliphatic carbocycles. The minimum Gasteiger partial charge on any atom is -0.334 e. The average Bonchev–Trinajstić information content (AvgIpc) is 2.78. The molecule has 0 saturated heterocycles. The van der Waals surface area contributed by atoms with Crippen LogP contribution in [0.4, 0.5) is 10.5 Å². The first kappa shape index (κ1) is 22.2. The lowest BCUT2D eigenvalue weighted by Gasteiger charge is -2.12. The molecule has 5 nitrogen and oxygen atoms in total. The van der Waals surface area contributed by atoms with Crippen molar-refractivity contribution in [3.8, 4) is 0 Å². The van der Waals surface area contributed by atoms with Crippen LogP contribution in [0.5, 0.6) is 0 Å². The van der Waals surface area contributed by atoms with Gasteiger partial charge in [0.2, 0.25) is 0 Å². The van der Waals surface area contributed by atoms with Crippen molar-refractivity contribution in [2.45, 2.75) is 46.6 Å². The third kappa shape index (κ3) is 6.25. The van der Waals surface area contributed by atoms with Gasteiger partial charge in [-0.2, -0.15) is 0 Å². The molecule has 0 spiro atoms. The SMILES string of the molecule is CCC(=O)c1cc(Cc2ccc(CNC(=O)Nc3cc(C)ccc3CC)cc2)ccn1. The van der Waals surface area contributed by atoms with Crippen LogP contribution in [0.15, 0.2) is 60.8 Å². The number of carbonyl (C=O) groups excluding carboxylic acids is 2. The van der Waals surface area contributed by atoms with E-state index in [2.05, 4.69) is 28.6 Å². The van der Waals surface area contributed by atoms with Crippen molar-refractivity contribution in [2.24, 2.45) is 0 Å². The van der Waals surface area contributed by atoms with Gasteiger partial charge in [-0.15, -0.1) is 0 Å². The molecule has 0 radical (unpaired) electrons. The summed E-state index contributed by atoms with van der Waals surface area (Å²) in [5, 5.41) is 5.87. The highest BCUT2D eigenvalue weighted by atomic mass is 16.2. The number of nitrogens with zero attached hydrogens (tertiary/aromatic N) is 1. The molecule has 2 amide bonds. The third-order valence-electron chi connectivity index (χ3n) is 5.21. The van der Waals surface area contributed by atoms with Crippen LogP contribution < -0.4 is 10.6 Å². The van der Waals surface area contributed by atoms with Gasteiger partial charge in [-0.1, -0.05) is 50.2 Å². The van der Waals surface area contributed by atoms with Gasteiger partial charge in [0.05, 0.1) is 0 Å². The second kappa shape index (κ2) is 10.5. The van der Waals surface area contributed by atoms with Crippen molar-refractivity contribution in [1.29, 1.82) is 0 Å². The van der Waals surface area contributed by atoms with Crippen molar-refractivity contribution in [2.75, 3.05) is 5.32 Å². The zero-order valence-corrected chi connectivity index (χ0v) is 18.4. The van der Waals surface area contributed by atoms with Gasteiger partial charge in [0, 0.05) is 24.8 Å². The predicted octanol–water partition coefficient (Wildman–Crippen LogP) is 5.46. The van der Waals surface area contributed by atoms with E-state index >= 15 is 0 Å². The molecular formula is C26H29N3O2. The monoisotopic (exact) mass is 415 g/mol. The number of pyridine rings is 1. The summed E-state index contributed by atoms with van der Waals surface area (Å²) in [4.78, 5) is 28.3.